The predicted octanol–water partition coefficient (Wildman–Crippen LogP) is 5.15. The highest BCUT2D eigenvalue weighted by molar-refractivity contribution is 6.74. The molecule has 0 heterocycles. The summed E-state index contributed by atoms with van der Waals surface area (Å²) < 4.78 is 7.74. The predicted molar refractivity (Wildman–Crippen MR) is 54.6 cm³/mol. The number of hydrogen-bond donors (Lipinski definition) is 0. The van der Waals surface area contributed by atoms with Gasteiger partial charge < -0.3 is 0 Å². The number of allylic oxidation sites excluding steroid dienone is 2. The lowest BCUT2D eigenvalue weighted by Crippen LogP contribution is -2.12. The fourth-order valence-corrected chi connectivity index (χ4v) is 1.24. The molecule has 0 nitrogen and oxygen atoms in total. The van der Waals surface area contributed by atoms with Crippen LogP contribution in [0.15, 0.2) is 10.1 Å². The first kappa shape index (κ1) is 13.7. The molecule has 0 N–H and O–H groups in total. The Balaban J connectivity index is 4.96. The monoisotopic (exact) mass is 312 g/mol. The molecule has 0 radical (unpaired) electrons. The minimum atomic E-state index is -2.86. The fourth-order valence-electron chi connectivity index (χ4n) is 0.249. The Morgan fingerprint density at radius 2 is 1.17 bits per heavy atom. The second kappa shape index (κ2) is 4.48. The van der Waals surface area contributed by atoms with Crippen LogP contribution in [0.3, 0.4) is 0 Å². The van der Waals surface area contributed by atoms with E-state index in [0.717, 1.165) is 0 Å². The molecule has 0 atom stereocenters. The van der Waals surface area contributed by atoms with E-state index in [2.05, 4.69) is 0 Å². The molecule has 0 aliphatic carbocycles. The minimum Gasteiger partial charge on any atom is -0.201 e. The largest absolute Gasteiger partial charge is 0.295 e. The van der Waals surface area contributed by atoms with Crippen LogP contribution in [-0.4, -0.2) is 8.38 Å². The van der Waals surface area contributed by atoms with Crippen molar-refractivity contribution >= 4 is 81.2 Å². The van der Waals surface area contributed by atoms with Gasteiger partial charge in [-0.05, 0) is 0 Å². The summed E-state index contributed by atoms with van der Waals surface area (Å²) in [6.45, 7) is 0. The number of hydrogen-bond acceptors (Lipinski definition) is 0. The highest BCUT2D eigenvalue weighted by Gasteiger charge is 2.37. The Morgan fingerprint density at radius 1 is 0.833 bits per heavy atom. The van der Waals surface area contributed by atoms with Gasteiger partial charge in [0.05, 0.1) is 5.03 Å². The second-order valence-electron chi connectivity index (χ2n) is 1.62. The van der Waals surface area contributed by atoms with E-state index in [-0.39, 0.29) is 0 Å². The van der Waals surface area contributed by atoms with Crippen LogP contribution < -0.4 is 0 Å². The summed E-state index contributed by atoms with van der Waals surface area (Å²) in [6.07, 6.45) is 0. The average molecular weight is 315 g/mol. The van der Waals surface area contributed by atoms with Crippen LogP contribution in [0.1, 0.15) is 0 Å². The molecular formula is C4Cl7F. The Morgan fingerprint density at radius 3 is 1.25 bits per heavy atom. The number of alkyl halides is 6. The van der Waals surface area contributed by atoms with E-state index in [9.17, 15) is 4.39 Å². The van der Waals surface area contributed by atoms with E-state index < -0.39 is 18.4 Å². The van der Waals surface area contributed by atoms with Gasteiger partial charge in [-0.3, -0.25) is 0 Å². The highest BCUT2D eigenvalue weighted by atomic mass is 35.6. The third-order valence-corrected chi connectivity index (χ3v) is 3.14. The molecule has 12 heavy (non-hydrogen) atoms. The lowest BCUT2D eigenvalue weighted by atomic mass is 10.5. The van der Waals surface area contributed by atoms with Crippen molar-refractivity contribution in [1.82, 2.24) is 0 Å². The molecule has 0 fully saturated rings. The summed E-state index contributed by atoms with van der Waals surface area (Å²) >= 11 is 36.2. The summed E-state index contributed by atoms with van der Waals surface area (Å²) in [5.41, 5.74) is 0. The van der Waals surface area contributed by atoms with E-state index in [1.54, 1.807) is 0 Å². The zero-order valence-corrected chi connectivity index (χ0v) is 10.3. The maximum atomic E-state index is 12.6. The van der Waals surface area contributed by atoms with E-state index in [1.165, 1.54) is 0 Å². The second-order valence-corrected chi connectivity index (χ2v) is 5.90. The van der Waals surface area contributed by atoms with Crippen molar-refractivity contribution in [3.8, 4) is 0 Å². The maximum absolute atomic E-state index is 12.6. The molecule has 0 unspecified atom stereocenters. The summed E-state index contributed by atoms with van der Waals surface area (Å²) in [6, 6.07) is 0. The van der Waals surface area contributed by atoms with Gasteiger partial charge in [-0.2, -0.15) is 0 Å². The third kappa shape index (κ3) is 4.28. The van der Waals surface area contributed by atoms with Crippen LogP contribution >= 0.6 is 81.2 Å². The van der Waals surface area contributed by atoms with Crippen molar-refractivity contribution in [3.63, 3.8) is 0 Å². The molecule has 0 saturated carbocycles. The van der Waals surface area contributed by atoms with Crippen LogP contribution in [0.4, 0.5) is 4.39 Å². The standard InChI is InChI=1S/C4Cl7F/c5-1(3(7,8)9)2(6)4(10,11)12. The van der Waals surface area contributed by atoms with Gasteiger partial charge in [0.15, 0.2) is 0 Å². The molecule has 0 aromatic rings. The van der Waals surface area contributed by atoms with Crippen molar-refractivity contribution in [2.24, 2.45) is 0 Å². The topological polar surface area (TPSA) is 0 Å². The van der Waals surface area contributed by atoms with E-state index in [4.69, 9.17) is 81.2 Å². The summed E-state index contributed by atoms with van der Waals surface area (Å²) in [7, 11) is 0. The molecule has 72 valence electrons. The third-order valence-electron chi connectivity index (χ3n) is 0.690. The summed E-state index contributed by atoms with van der Waals surface area (Å²) in [4.78, 5) is 0. The first-order valence-corrected chi connectivity index (χ1v) is 4.91. The highest BCUT2D eigenvalue weighted by Crippen LogP contribution is 2.46. The molecule has 0 amide bonds. The van der Waals surface area contributed by atoms with Crippen molar-refractivity contribution < 1.29 is 4.39 Å². The minimum absolute atomic E-state index is 0.582. The molecule has 0 saturated heterocycles. The molecule has 0 spiro atoms. The number of halogens is 8. The van der Waals surface area contributed by atoms with Gasteiger partial charge in [-0.15, -0.1) is 0 Å². The van der Waals surface area contributed by atoms with Crippen molar-refractivity contribution in [2.45, 2.75) is 8.38 Å². The lowest BCUT2D eigenvalue weighted by Gasteiger charge is -2.15. The van der Waals surface area contributed by atoms with Crippen LogP contribution in [0.25, 0.3) is 0 Å². The van der Waals surface area contributed by atoms with Crippen molar-refractivity contribution in [2.75, 3.05) is 0 Å². The van der Waals surface area contributed by atoms with Gasteiger partial charge in [-0.25, -0.2) is 4.39 Å². The van der Waals surface area contributed by atoms with E-state index in [0.29, 0.717) is 0 Å². The van der Waals surface area contributed by atoms with Crippen LogP contribution in [0, 0.1) is 0 Å². The summed E-state index contributed by atoms with van der Waals surface area (Å²) in [5, 5.41) is -1.35. The molecule has 8 heteroatoms. The van der Waals surface area contributed by atoms with Crippen LogP contribution in [0.2, 0.25) is 0 Å². The van der Waals surface area contributed by atoms with E-state index >= 15 is 0 Å². The smallest absolute Gasteiger partial charge is 0.201 e. The van der Waals surface area contributed by atoms with Crippen molar-refractivity contribution in [1.29, 1.82) is 0 Å². The van der Waals surface area contributed by atoms with Gasteiger partial charge in [0.25, 0.3) is 4.59 Å². The van der Waals surface area contributed by atoms with Crippen LogP contribution in [0.5, 0.6) is 0 Å². The normalized spacial score (nSPS) is 16.0. The Hall–Kier alpha value is 1.70. The zero-order chi connectivity index (χ0) is 10.2. The molecule has 0 rings (SSSR count). The Kier molecular flexibility index (Phi) is 5.11. The molecule has 0 aliphatic heterocycles. The molecule has 0 aliphatic rings. The van der Waals surface area contributed by atoms with Gasteiger partial charge in [0, 0.05) is 0 Å². The first-order valence-electron chi connectivity index (χ1n) is 2.26. The quantitative estimate of drug-likeness (QED) is 0.587. The molecule has 0 bridgehead atoms. The zero-order valence-electron chi connectivity index (χ0n) is 5.02. The van der Waals surface area contributed by atoms with Gasteiger partial charge in [0.2, 0.25) is 3.79 Å². The van der Waals surface area contributed by atoms with Gasteiger partial charge in [0.1, 0.15) is 5.03 Å². The molecule has 0 aromatic heterocycles. The molecule has 0 aromatic carbocycles. The first-order chi connectivity index (χ1) is 5.07. The van der Waals surface area contributed by atoms with Gasteiger partial charge in [-0.1, -0.05) is 81.2 Å². The van der Waals surface area contributed by atoms with Crippen molar-refractivity contribution in [3.05, 3.63) is 10.1 Å². The van der Waals surface area contributed by atoms with E-state index in [1.807, 2.05) is 0 Å². The lowest BCUT2D eigenvalue weighted by molar-refractivity contribution is 0.455. The van der Waals surface area contributed by atoms with Gasteiger partial charge >= 0.3 is 0 Å². The molecular weight excluding hydrogens is 315 g/mol. The Labute approximate surface area is 103 Å². The summed E-state index contributed by atoms with van der Waals surface area (Å²) in [5.74, 6) is 0. The Bertz CT molecular complexity index is 174. The number of rotatable bonds is 1. The van der Waals surface area contributed by atoms with Crippen LogP contribution in [-0.2, 0) is 0 Å². The average Bonchev–Trinajstić information content (AvgIpc) is 1.80. The maximum Gasteiger partial charge on any atom is 0.295 e. The fraction of sp³-hybridized carbons (Fsp3) is 0.500. The SMILES string of the molecule is FC(Cl)(Cl)C(Cl)=C(Cl)C(Cl)(Cl)Cl.